The summed E-state index contributed by atoms with van der Waals surface area (Å²) in [5.41, 5.74) is 1.56. The largest absolute Gasteiger partial charge is 0.336 e. The average Bonchev–Trinajstić information content (AvgIpc) is 3.61. The van der Waals surface area contributed by atoms with Crippen molar-refractivity contribution in [2.75, 3.05) is 6.54 Å². The second kappa shape index (κ2) is 8.53. The Kier molecular flexibility index (Phi) is 6.00. The van der Waals surface area contributed by atoms with Gasteiger partial charge >= 0.3 is 0 Å². The lowest BCUT2D eigenvalue weighted by atomic mass is 10.2. The summed E-state index contributed by atoms with van der Waals surface area (Å²) in [5.74, 6) is 1.16. The first-order valence-electron chi connectivity index (χ1n) is 10.9. The summed E-state index contributed by atoms with van der Waals surface area (Å²) >= 11 is 0. The maximum Gasteiger partial charge on any atom is 0.228 e. The number of rotatable bonds is 10. The lowest BCUT2D eigenvalue weighted by Gasteiger charge is -2.24. The van der Waals surface area contributed by atoms with Gasteiger partial charge in [0.05, 0.1) is 24.2 Å². The van der Waals surface area contributed by atoms with Gasteiger partial charge in [-0.2, -0.15) is 0 Å². The second-order valence-corrected chi connectivity index (χ2v) is 11.1. The Balaban J connectivity index is 1.61. The van der Waals surface area contributed by atoms with Crippen molar-refractivity contribution in [1.29, 1.82) is 0 Å². The minimum absolute atomic E-state index is 0.0742. The number of imidazole rings is 1. The Bertz CT molecular complexity index is 990. The van der Waals surface area contributed by atoms with Crippen LogP contribution >= 0.6 is 0 Å². The number of aromatic nitrogens is 2. The van der Waals surface area contributed by atoms with Crippen molar-refractivity contribution in [3.05, 3.63) is 47.8 Å². The van der Waals surface area contributed by atoms with Gasteiger partial charge in [-0.05, 0) is 43.1 Å². The quantitative estimate of drug-likeness (QED) is 0.578. The van der Waals surface area contributed by atoms with E-state index in [0.717, 1.165) is 30.6 Å². The van der Waals surface area contributed by atoms with E-state index in [9.17, 15) is 13.2 Å². The first-order chi connectivity index (χ1) is 14.3. The Morgan fingerprint density at radius 3 is 2.47 bits per heavy atom. The van der Waals surface area contributed by atoms with Crippen molar-refractivity contribution in [3.63, 3.8) is 0 Å². The highest BCUT2D eigenvalue weighted by molar-refractivity contribution is 7.90. The zero-order chi connectivity index (χ0) is 21.3. The van der Waals surface area contributed by atoms with E-state index in [1.807, 2.05) is 39.8 Å². The van der Waals surface area contributed by atoms with Crippen LogP contribution in [0.5, 0.6) is 0 Å². The van der Waals surface area contributed by atoms with Gasteiger partial charge in [0.15, 0.2) is 0 Å². The van der Waals surface area contributed by atoms with E-state index in [4.69, 9.17) is 0 Å². The van der Waals surface area contributed by atoms with Gasteiger partial charge in [0.2, 0.25) is 20.9 Å². The van der Waals surface area contributed by atoms with Crippen molar-refractivity contribution in [1.82, 2.24) is 14.5 Å². The molecule has 1 amide bonds. The summed E-state index contributed by atoms with van der Waals surface area (Å²) in [6.45, 7) is 5.90. The molecule has 7 heteroatoms. The molecule has 2 fully saturated rings. The summed E-state index contributed by atoms with van der Waals surface area (Å²) in [7, 11) is -3.59. The molecule has 4 rings (SSSR count). The first kappa shape index (κ1) is 21.1. The number of sulfone groups is 1. The predicted octanol–water partition coefficient (Wildman–Crippen LogP) is 3.66. The lowest BCUT2D eigenvalue weighted by molar-refractivity contribution is -0.133. The first-order valence-corrected chi connectivity index (χ1v) is 12.6. The maximum absolute atomic E-state index is 13.2. The van der Waals surface area contributed by atoms with Crippen molar-refractivity contribution in [3.8, 4) is 0 Å². The van der Waals surface area contributed by atoms with E-state index in [2.05, 4.69) is 18.8 Å². The Labute approximate surface area is 179 Å². The standard InChI is InChI=1S/C23H31N3O3S/c1-17(2)13-26-21(15-25(14-18-8-9-18)22(27)20-10-11-20)12-24-23(26)30(28,29)16-19-6-4-3-5-7-19/h3-7,12,17-18,20H,8-11,13-16H2,1-2H3. The third-order valence-electron chi connectivity index (χ3n) is 5.69. The van der Waals surface area contributed by atoms with Crippen LogP contribution in [0.3, 0.4) is 0 Å². The molecule has 0 unspecified atom stereocenters. The molecule has 30 heavy (non-hydrogen) atoms. The van der Waals surface area contributed by atoms with Crippen LogP contribution in [-0.4, -0.2) is 35.3 Å². The summed E-state index contributed by atoms with van der Waals surface area (Å²) in [6.07, 6.45) is 5.96. The molecule has 1 heterocycles. The van der Waals surface area contributed by atoms with Crippen LogP contribution in [0.15, 0.2) is 41.7 Å². The molecule has 2 aromatic rings. The highest BCUT2D eigenvalue weighted by atomic mass is 32.2. The van der Waals surface area contributed by atoms with Crippen LogP contribution in [0.4, 0.5) is 0 Å². The fraction of sp³-hybridized carbons (Fsp3) is 0.565. The molecule has 1 aromatic heterocycles. The molecule has 0 spiro atoms. The van der Waals surface area contributed by atoms with E-state index in [1.165, 1.54) is 12.8 Å². The number of hydrogen-bond donors (Lipinski definition) is 0. The SMILES string of the molecule is CC(C)Cn1c(CN(CC2CC2)C(=O)C2CC2)cnc1S(=O)(=O)Cc1ccccc1. The third kappa shape index (κ3) is 5.12. The zero-order valence-corrected chi connectivity index (χ0v) is 18.6. The average molecular weight is 430 g/mol. The molecule has 0 saturated heterocycles. The van der Waals surface area contributed by atoms with Gasteiger partial charge in [0.1, 0.15) is 0 Å². The molecule has 1 aromatic carbocycles. The van der Waals surface area contributed by atoms with Gasteiger partial charge in [-0.1, -0.05) is 44.2 Å². The fourth-order valence-electron chi connectivity index (χ4n) is 3.81. The van der Waals surface area contributed by atoms with Crippen molar-refractivity contribution < 1.29 is 13.2 Å². The topological polar surface area (TPSA) is 72.3 Å². The zero-order valence-electron chi connectivity index (χ0n) is 17.8. The fourth-order valence-corrected chi connectivity index (χ4v) is 5.31. The number of hydrogen-bond acceptors (Lipinski definition) is 4. The van der Waals surface area contributed by atoms with Crippen molar-refractivity contribution in [2.24, 2.45) is 17.8 Å². The smallest absolute Gasteiger partial charge is 0.228 e. The van der Waals surface area contributed by atoms with Crippen LogP contribution in [0.25, 0.3) is 0 Å². The van der Waals surface area contributed by atoms with E-state index in [-0.39, 0.29) is 28.7 Å². The monoisotopic (exact) mass is 429 g/mol. The molecule has 0 bridgehead atoms. The highest BCUT2D eigenvalue weighted by Crippen LogP contribution is 2.35. The molecule has 0 radical (unpaired) electrons. The van der Waals surface area contributed by atoms with Gasteiger partial charge in [0.25, 0.3) is 0 Å². The normalized spacial score (nSPS) is 16.8. The van der Waals surface area contributed by atoms with Crippen molar-refractivity contribution >= 4 is 15.7 Å². The molecule has 162 valence electrons. The van der Waals surface area contributed by atoms with Crippen LogP contribution in [-0.2, 0) is 33.5 Å². The Hall–Kier alpha value is -2.15. The molecule has 0 aliphatic heterocycles. The van der Waals surface area contributed by atoms with E-state index < -0.39 is 9.84 Å². The third-order valence-corrected chi connectivity index (χ3v) is 7.29. The van der Waals surface area contributed by atoms with Crippen LogP contribution in [0.2, 0.25) is 0 Å². The van der Waals surface area contributed by atoms with Crippen LogP contribution < -0.4 is 0 Å². The van der Waals surface area contributed by atoms with E-state index in [1.54, 1.807) is 6.20 Å². The van der Waals surface area contributed by atoms with Gasteiger partial charge in [-0.15, -0.1) is 0 Å². The summed E-state index contributed by atoms with van der Waals surface area (Å²) in [6, 6.07) is 9.20. The number of carbonyl (C=O) groups is 1. The highest BCUT2D eigenvalue weighted by Gasteiger charge is 2.36. The molecular formula is C23H31N3O3S. The molecule has 6 nitrogen and oxygen atoms in total. The van der Waals surface area contributed by atoms with Gasteiger partial charge in [0, 0.05) is 19.0 Å². The maximum atomic E-state index is 13.2. The van der Waals surface area contributed by atoms with Gasteiger partial charge in [-0.3, -0.25) is 4.79 Å². The number of carbonyl (C=O) groups excluding carboxylic acids is 1. The molecule has 0 atom stereocenters. The number of nitrogens with zero attached hydrogens (tertiary/aromatic N) is 3. The number of amides is 1. The van der Waals surface area contributed by atoms with Gasteiger partial charge in [-0.25, -0.2) is 13.4 Å². The molecule has 2 aliphatic carbocycles. The second-order valence-electron chi connectivity index (χ2n) is 9.22. The van der Waals surface area contributed by atoms with E-state index >= 15 is 0 Å². The minimum Gasteiger partial charge on any atom is -0.336 e. The molecule has 2 saturated carbocycles. The molecule has 2 aliphatic rings. The Morgan fingerprint density at radius 1 is 1.17 bits per heavy atom. The van der Waals surface area contributed by atoms with Crippen LogP contribution in [0, 0.1) is 17.8 Å². The van der Waals surface area contributed by atoms with Gasteiger partial charge < -0.3 is 9.47 Å². The molecule has 0 N–H and O–H groups in total. The van der Waals surface area contributed by atoms with E-state index in [0.29, 0.717) is 19.0 Å². The molecular weight excluding hydrogens is 398 g/mol. The summed E-state index contributed by atoms with van der Waals surface area (Å²) in [5, 5.41) is 0.111. The lowest BCUT2D eigenvalue weighted by Crippen LogP contribution is -2.34. The summed E-state index contributed by atoms with van der Waals surface area (Å²) < 4.78 is 28.2. The summed E-state index contributed by atoms with van der Waals surface area (Å²) in [4.78, 5) is 19.1. The predicted molar refractivity (Wildman–Crippen MR) is 115 cm³/mol. The Morgan fingerprint density at radius 2 is 1.87 bits per heavy atom. The number of benzene rings is 1. The van der Waals surface area contributed by atoms with Crippen molar-refractivity contribution in [2.45, 2.75) is 63.5 Å². The minimum atomic E-state index is -3.59. The van der Waals surface area contributed by atoms with Crippen LogP contribution in [0.1, 0.15) is 50.8 Å².